The van der Waals surface area contributed by atoms with Crippen LogP contribution in [0.15, 0.2) is 12.7 Å². The summed E-state index contributed by atoms with van der Waals surface area (Å²) < 4.78 is 4.70. The predicted octanol–water partition coefficient (Wildman–Crippen LogP) is 3.52. The van der Waals surface area contributed by atoms with E-state index >= 15 is 0 Å². The fourth-order valence-corrected chi connectivity index (χ4v) is 1.59. The molecule has 0 aromatic carbocycles. The molecule has 0 saturated carbocycles. The van der Waals surface area contributed by atoms with Crippen LogP contribution in [0.3, 0.4) is 0 Å². The molecule has 0 aliphatic rings. The molecule has 87 valence electrons. The van der Waals surface area contributed by atoms with E-state index in [1.165, 1.54) is 19.3 Å². The SMILES string of the molecule is [CH2][C@H](CCCCCC(C)CC=C)OC=O. The Morgan fingerprint density at radius 2 is 1.93 bits per heavy atom. The van der Waals surface area contributed by atoms with Crippen LogP contribution in [0.5, 0.6) is 0 Å². The van der Waals surface area contributed by atoms with Crippen LogP contribution in [0.4, 0.5) is 0 Å². The van der Waals surface area contributed by atoms with Gasteiger partial charge in [-0.3, -0.25) is 4.79 Å². The molecule has 0 aromatic heterocycles. The van der Waals surface area contributed by atoms with Crippen molar-refractivity contribution >= 4 is 6.47 Å². The van der Waals surface area contributed by atoms with Crippen LogP contribution < -0.4 is 0 Å². The van der Waals surface area contributed by atoms with Gasteiger partial charge in [-0.1, -0.05) is 32.3 Å². The van der Waals surface area contributed by atoms with E-state index in [9.17, 15) is 4.79 Å². The smallest absolute Gasteiger partial charge is 0.293 e. The Morgan fingerprint density at radius 1 is 1.27 bits per heavy atom. The van der Waals surface area contributed by atoms with E-state index in [4.69, 9.17) is 4.74 Å². The number of hydrogen-bond acceptors (Lipinski definition) is 2. The third-order valence-corrected chi connectivity index (χ3v) is 2.54. The van der Waals surface area contributed by atoms with Crippen LogP contribution in [0.25, 0.3) is 0 Å². The second-order valence-electron chi connectivity index (χ2n) is 4.12. The van der Waals surface area contributed by atoms with E-state index in [0.29, 0.717) is 6.47 Å². The minimum atomic E-state index is -0.173. The van der Waals surface area contributed by atoms with E-state index in [-0.39, 0.29) is 6.10 Å². The third-order valence-electron chi connectivity index (χ3n) is 2.54. The van der Waals surface area contributed by atoms with Crippen molar-refractivity contribution in [3.05, 3.63) is 19.6 Å². The largest absolute Gasteiger partial charge is 0.465 e. The van der Waals surface area contributed by atoms with Crippen LogP contribution in [-0.4, -0.2) is 12.6 Å². The molecule has 0 aliphatic carbocycles. The van der Waals surface area contributed by atoms with Crippen LogP contribution in [0.1, 0.15) is 45.4 Å². The maximum atomic E-state index is 9.99. The zero-order valence-corrected chi connectivity index (χ0v) is 9.78. The Bertz CT molecular complexity index is 148. The molecule has 0 heterocycles. The first-order valence-corrected chi connectivity index (χ1v) is 5.73. The molecule has 0 fully saturated rings. The van der Waals surface area contributed by atoms with Crippen LogP contribution in [-0.2, 0) is 9.53 Å². The van der Waals surface area contributed by atoms with E-state index in [0.717, 1.165) is 25.2 Å². The van der Waals surface area contributed by atoms with Crippen LogP contribution in [0, 0.1) is 12.8 Å². The minimum Gasteiger partial charge on any atom is -0.465 e. The third kappa shape index (κ3) is 9.51. The highest BCUT2D eigenvalue weighted by Gasteiger charge is 2.02. The van der Waals surface area contributed by atoms with Crippen molar-refractivity contribution in [2.45, 2.75) is 51.6 Å². The van der Waals surface area contributed by atoms with Crippen LogP contribution in [0.2, 0.25) is 0 Å². The van der Waals surface area contributed by atoms with Gasteiger partial charge in [-0.15, -0.1) is 6.58 Å². The maximum Gasteiger partial charge on any atom is 0.293 e. The summed E-state index contributed by atoms with van der Waals surface area (Å²) in [5, 5.41) is 0. The highest BCUT2D eigenvalue weighted by atomic mass is 16.5. The number of unbranched alkanes of at least 4 members (excludes halogenated alkanes) is 2. The highest BCUT2D eigenvalue weighted by molar-refractivity contribution is 5.37. The second-order valence-corrected chi connectivity index (χ2v) is 4.12. The summed E-state index contributed by atoms with van der Waals surface area (Å²) in [6.07, 6.45) is 8.55. The first-order valence-electron chi connectivity index (χ1n) is 5.73. The van der Waals surface area contributed by atoms with E-state index in [1.54, 1.807) is 0 Å². The number of hydrogen-bond donors (Lipinski definition) is 0. The zero-order valence-electron chi connectivity index (χ0n) is 9.78. The second kappa shape index (κ2) is 9.75. The molecule has 2 atom stereocenters. The zero-order chi connectivity index (χ0) is 11.5. The Labute approximate surface area is 93.7 Å². The number of ether oxygens (including phenoxy) is 1. The molecule has 0 saturated heterocycles. The molecular weight excluding hydrogens is 188 g/mol. The molecule has 0 aliphatic heterocycles. The average Bonchev–Trinajstić information content (AvgIpc) is 2.18. The topological polar surface area (TPSA) is 26.3 Å². The minimum absolute atomic E-state index is 0.173. The van der Waals surface area contributed by atoms with E-state index in [2.05, 4.69) is 20.4 Å². The summed E-state index contributed by atoms with van der Waals surface area (Å²) >= 11 is 0. The Hall–Kier alpha value is -0.790. The lowest BCUT2D eigenvalue weighted by atomic mass is 9.99. The summed E-state index contributed by atoms with van der Waals surface area (Å²) in [5.74, 6) is 0.740. The predicted molar refractivity (Wildman–Crippen MR) is 63.4 cm³/mol. The number of carbonyl (C=O) groups excluding carboxylic acids is 1. The van der Waals surface area contributed by atoms with Crippen LogP contribution >= 0.6 is 0 Å². The summed E-state index contributed by atoms with van der Waals surface area (Å²) in [7, 11) is 0. The van der Waals surface area contributed by atoms with Gasteiger partial charge < -0.3 is 4.74 Å². The summed E-state index contributed by atoms with van der Waals surface area (Å²) in [6, 6.07) is 0. The van der Waals surface area contributed by atoms with Gasteiger partial charge in [-0.05, 0) is 32.1 Å². The quantitative estimate of drug-likeness (QED) is 0.314. The van der Waals surface area contributed by atoms with Gasteiger partial charge in [0.1, 0.15) is 6.10 Å². The van der Waals surface area contributed by atoms with Crippen molar-refractivity contribution in [3.8, 4) is 0 Å². The molecule has 0 bridgehead atoms. The standard InChI is InChI=1S/C13H23O2/c1-4-8-12(2)9-6-5-7-10-13(3)15-11-14/h4,11-13H,1,3,5-10H2,2H3/t12?,13-/m1/s1. The number of rotatable bonds is 10. The fourth-order valence-electron chi connectivity index (χ4n) is 1.59. The molecule has 0 rings (SSSR count). The lowest BCUT2D eigenvalue weighted by Gasteiger charge is -2.10. The van der Waals surface area contributed by atoms with Gasteiger partial charge >= 0.3 is 0 Å². The monoisotopic (exact) mass is 211 g/mol. The van der Waals surface area contributed by atoms with Crippen molar-refractivity contribution in [3.63, 3.8) is 0 Å². The van der Waals surface area contributed by atoms with Crippen molar-refractivity contribution in [2.24, 2.45) is 5.92 Å². The lowest BCUT2D eigenvalue weighted by molar-refractivity contribution is -0.131. The number of allylic oxidation sites excluding steroid dienone is 1. The maximum absolute atomic E-state index is 9.99. The molecule has 0 spiro atoms. The molecule has 1 unspecified atom stereocenters. The summed E-state index contributed by atoms with van der Waals surface area (Å²) in [4.78, 5) is 9.99. The molecule has 2 nitrogen and oxygen atoms in total. The molecule has 0 amide bonds. The fraction of sp³-hybridized carbons (Fsp3) is 0.692. The Balaban J connectivity index is 3.23. The van der Waals surface area contributed by atoms with Gasteiger partial charge in [-0.2, -0.15) is 0 Å². The van der Waals surface area contributed by atoms with E-state index in [1.807, 2.05) is 6.08 Å². The van der Waals surface area contributed by atoms with Gasteiger partial charge in [-0.25, -0.2) is 0 Å². The van der Waals surface area contributed by atoms with Crippen molar-refractivity contribution < 1.29 is 9.53 Å². The molecular formula is C13H23O2. The average molecular weight is 211 g/mol. The lowest BCUT2D eigenvalue weighted by Crippen LogP contribution is -2.06. The van der Waals surface area contributed by atoms with Gasteiger partial charge in [0.2, 0.25) is 0 Å². The molecule has 2 heteroatoms. The molecule has 0 N–H and O–H groups in total. The first-order chi connectivity index (χ1) is 7.20. The normalized spacial score (nSPS) is 14.3. The summed E-state index contributed by atoms with van der Waals surface area (Å²) in [6.45, 7) is 10.2. The first kappa shape index (κ1) is 14.2. The van der Waals surface area contributed by atoms with Crippen molar-refractivity contribution in [1.29, 1.82) is 0 Å². The molecule has 15 heavy (non-hydrogen) atoms. The van der Waals surface area contributed by atoms with Gasteiger partial charge in [0.25, 0.3) is 6.47 Å². The van der Waals surface area contributed by atoms with Gasteiger partial charge in [0.15, 0.2) is 0 Å². The van der Waals surface area contributed by atoms with Crippen molar-refractivity contribution in [1.82, 2.24) is 0 Å². The van der Waals surface area contributed by atoms with Gasteiger partial charge in [0, 0.05) is 0 Å². The van der Waals surface area contributed by atoms with Gasteiger partial charge in [0.05, 0.1) is 0 Å². The Kier molecular flexibility index (Phi) is 9.24. The molecule has 0 aromatic rings. The number of carbonyl (C=O) groups is 1. The Morgan fingerprint density at radius 3 is 2.53 bits per heavy atom. The van der Waals surface area contributed by atoms with Crippen molar-refractivity contribution in [2.75, 3.05) is 0 Å². The van der Waals surface area contributed by atoms with E-state index < -0.39 is 0 Å². The summed E-state index contributed by atoms with van der Waals surface area (Å²) in [5.41, 5.74) is 0. The molecule has 1 radical (unpaired) electrons. The highest BCUT2D eigenvalue weighted by Crippen LogP contribution is 2.14.